The van der Waals surface area contributed by atoms with Crippen LogP contribution in [0.5, 0.6) is 5.88 Å². The Labute approximate surface area is 161 Å². The first-order valence-corrected chi connectivity index (χ1v) is 9.48. The molecular weight excluding hydrogens is 360 g/mol. The largest absolute Gasteiger partial charge is 0.481 e. The molecule has 2 heterocycles. The van der Waals surface area contributed by atoms with E-state index in [0.717, 1.165) is 33.8 Å². The minimum atomic E-state index is 0.226. The van der Waals surface area contributed by atoms with Crippen LogP contribution in [0.25, 0.3) is 16.1 Å². The molecule has 0 saturated carbocycles. The molecule has 0 unspecified atom stereocenters. The molecule has 0 saturated heterocycles. The van der Waals surface area contributed by atoms with Crippen molar-refractivity contribution in [1.82, 2.24) is 20.2 Å². The maximum Gasteiger partial charge on any atom is 0.226 e. The minimum absolute atomic E-state index is 0.226. The number of aromatic nitrogens is 4. The van der Waals surface area contributed by atoms with Crippen molar-refractivity contribution in [3.63, 3.8) is 0 Å². The highest BCUT2D eigenvalue weighted by Crippen LogP contribution is 2.36. The number of fused-ring (bicyclic) bond motifs is 1. The Morgan fingerprint density at radius 3 is 2.74 bits per heavy atom. The number of rotatable bonds is 5. The molecule has 8 heteroatoms. The van der Waals surface area contributed by atoms with Gasteiger partial charge in [-0.05, 0) is 37.5 Å². The Morgan fingerprint density at radius 2 is 2.04 bits per heavy atom. The fourth-order valence-corrected chi connectivity index (χ4v) is 3.65. The van der Waals surface area contributed by atoms with Gasteiger partial charge < -0.3 is 15.8 Å². The molecule has 2 aromatic heterocycles. The van der Waals surface area contributed by atoms with E-state index in [1.54, 1.807) is 7.11 Å². The van der Waals surface area contributed by atoms with Crippen LogP contribution in [0, 0.1) is 0 Å². The first-order valence-electron chi connectivity index (χ1n) is 8.66. The number of hydrogen-bond acceptors (Lipinski definition) is 8. The van der Waals surface area contributed by atoms with Gasteiger partial charge in [-0.15, -0.1) is 10.2 Å². The Bertz CT molecular complexity index is 1030. The lowest BCUT2D eigenvalue weighted by molar-refractivity contribution is 0.397. The van der Waals surface area contributed by atoms with Crippen LogP contribution in [-0.4, -0.2) is 33.3 Å². The summed E-state index contributed by atoms with van der Waals surface area (Å²) in [5.74, 6) is 1.09. The van der Waals surface area contributed by atoms with Crippen molar-refractivity contribution in [2.45, 2.75) is 26.3 Å². The van der Waals surface area contributed by atoms with E-state index in [4.69, 9.17) is 15.5 Å². The topological polar surface area (TPSA) is 98.8 Å². The van der Waals surface area contributed by atoms with Gasteiger partial charge >= 0.3 is 0 Å². The van der Waals surface area contributed by atoms with Gasteiger partial charge in [0.25, 0.3) is 0 Å². The Morgan fingerprint density at radius 1 is 1.19 bits per heavy atom. The van der Waals surface area contributed by atoms with E-state index in [-0.39, 0.29) is 6.04 Å². The van der Waals surface area contributed by atoms with E-state index in [9.17, 15) is 0 Å². The molecule has 0 atom stereocenters. The number of nitrogen functional groups attached to an aromatic ring is 1. The average molecular weight is 380 g/mol. The molecule has 138 valence electrons. The molecule has 27 heavy (non-hydrogen) atoms. The molecule has 0 spiro atoms. The van der Waals surface area contributed by atoms with Gasteiger partial charge in [-0.25, -0.2) is 4.98 Å². The number of nitrogens with zero attached hydrogens (tertiary/aromatic N) is 4. The summed E-state index contributed by atoms with van der Waals surface area (Å²) in [7, 11) is 1.61. The number of methoxy groups -OCH3 is 1. The summed E-state index contributed by atoms with van der Waals surface area (Å²) in [4.78, 5) is 9.08. The highest BCUT2D eigenvalue weighted by atomic mass is 32.1. The fourth-order valence-electron chi connectivity index (χ4n) is 3.04. The number of allylic oxidation sites excluding steroid dienone is 1. The van der Waals surface area contributed by atoms with Crippen LogP contribution in [-0.2, 0) is 6.42 Å². The molecule has 3 N–H and O–H groups in total. The zero-order chi connectivity index (χ0) is 19.0. The van der Waals surface area contributed by atoms with Crippen molar-refractivity contribution in [3.05, 3.63) is 47.2 Å². The Kier molecular flexibility index (Phi) is 4.49. The molecule has 0 aliphatic heterocycles. The van der Waals surface area contributed by atoms with Crippen molar-refractivity contribution < 1.29 is 4.74 Å². The van der Waals surface area contributed by atoms with Crippen molar-refractivity contribution in [1.29, 1.82) is 0 Å². The van der Waals surface area contributed by atoms with Gasteiger partial charge in [0, 0.05) is 23.2 Å². The van der Waals surface area contributed by atoms with E-state index in [1.165, 1.54) is 16.9 Å². The molecule has 1 aliphatic rings. The van der Waals surface area contributed by atoms with Gasteiger partial charge in [0.05, 0.1) is 12.8 Å². The number of benzene rings is 1. The number of ether oxygens (including phenoxy) is 1. The summed E-state index contributed by atoms with van der Waals surface area (Å²) in [6, 6.07) is 8.39. The molecule has 0 bridgehead atoms. The van der Waals surface area contributed by atoms with Crippen LogP contribution >= 0.6 is 11.3 Å². The smallest absolute Gasteiger partial charge is 0.226 e. The molecule has 0 fully saturated rings. The van der Waals surface area contributed by atoms with Gasteiger partial charge in [-0.3, -0.25) is 0 Å². The zero-order valence-corrected chi connectivity index (χ0v) is 16.2. The zero-order valence-electron chi connectivity index (χ0n) is 15.4. The third kappa shape index (κ3) is 3.48. The number of anilines is 2. The van der Waals surface area contributed by atoms with Crippen LogP contribution < -0.4 is 15.8 Å². The quantitative estimate of drug-likeness (QED) is 0.700. The predicted molar refractivity (Wildman–Crippen MR) is 108 cm³/mol. The van der Waals surface area contributed by atoms with Crippen molar-refractivity contribution >= 4 is 28.0 Å². The van der Waals surface area contributed by atoms with Gasteiger partial charge in [0.2, 0.25) is 17.0 Å². The lowest BCUT2D eigenvalue weighted by Gasteiger charge is -2.13. The van der Waals surface area contributed by atoms with Crippen LogP contribution in [0.15, 0.2) is 30.3 Å². The lowest BCUT2D eigenvalue weighted by atomic mass is 10.0. The van der Waals surface area contributed by atoms with Crippen molar-refractivity contribution in [2.75, 3.05) is 18.2 Å². The van der Waals surface area contributed by atoms with Crippen LogP contribution in [0.4, 0.5) is 11.1 Å². The number of nitrogens with two attached hydrogens (primary N) is 1. The Balaban J connectivity index is 1.75. The number of nitrogens with one attached hydrogen (secondary N) is 1. The highest BCUT2D eigenvalue weighted by Gasteiger charge is 2.20. The molecule has 1 aliphatic carbocycles. The first-order chi connectivity index (χ1) is 13.0. The molecule has 3 aromatic rings. The van der Waals surface area contributed by atoms with E-state index >= 15 is 0 Å². The molecule has 4 rings (SSSR count). The van der Waals surface area contributed by atoms with E-state index < -0.39 is 0 Å². The summed E-state index contributed by atoms with van der Waals surface area (Å²) >= 11 is 1.38. The SMILES string of the molecule is COc1cc(C2=CCc3ccc(-c4nnc(N)s4)cc32)nc(NC(C)C)n1. The van der Waals surface area contributed by atoms with Gasteiger partial charge in [-0.1, -0.05) is 29.5 Å². The summed E-state index contributed by atoms with van der Waals surface area (Å²) in [5, 5.41) is 12.6. The maximum absolute atomic E-state index is 5.73. The second-order valence-corrected chi connectivity index (χ2v) is 7.57. The van der Waals surface area contributed by atoms with E-state index in [0.29, 0.717) is 17.0 Å². The summed E-state index contributed by atoms with van der Waals surface area (Å²) < 4.78 is 5.37. The van der Waals surface area contributed by atoms with E-state index in [1.807, 2.05) is 19.9 Å². The standard InChI is InChI=1S/C19H20N6OS/c1-10(2)21-19-22-15(9-16(23-19)26-3)13-7-6-11-4-5-12(8-14(11)13)17-24-25-18(20)27-17/h4-5,7-10H,6H2,1-3H3,(H2,20,25)(H,21,22,23). The molecule has 0 amide bonds. The van der Waals surface area contributed by atoms with Crippen LogP contribution in [0.1, 0.15) is 30.7 Å². The fraction of sp³-hybridized carbons (Fsp3) is 0.263. The first kappa shape index (κ1) is 17.4. The highest BCUT2D eigenvalue weighted by molar-refractivity contribution is 7.18. The summed E-state index contributed by atoms with van der Waals surface area (Å²) in [6.45, 7) is 4.10. The molecular formula is C19H20N6OS. The summed E-state index contributed by atoms with van der Waals surface area (Å²) in [5.41, 5.74) is 11.0. The predicted octanol–water partition coefficient (Wildman–Crippen LogP) is 3.39. The molecule has 0 radical (unpaired) electrons. The molecule has 7 nitrogen and oxygen atoms in total. The van der Waals surface area contributed by atoms with E-state index in [2.05, 4.69) is 44.8 Å². The van der Waals surface area contributed by atoms with Crippen LogP contribution in [0.2, 0.25) is 0 Å². The van der Waals surface area contributed by atoms with Crippen LogP contribution in [0.3, 0.4) is 0 Å². The lowest BCUT2D eigenvalue weighted by Crippen LogP contribution is -2.13. The minimum Gasteiger partial charge on any atom is -0.481 e. The molecule has 1 aromatic carbocycles. The second kappa shape index (κ2) is 6.96. The average Bonchev–Trinajstić information content (AvgIpc) is 3.26. The summed E-state index contributed by atoms with van der Waals surface area (Å²) in [6.07, 6.45) is 3.05. The van der Waals surface area contributed by atoms with Gasteiger partial charge in [0.15, 0.2) is 0 Å². The monoisotopic (exact) mass is 380 g/mol. The normalized spacial score (nSPS) is 12.8. The Hall–Kier alpha value is -3.00. The van der Waals surface area contributed by atoms with Gasteiger partial charge in [0.1, 0.15) is 5.01 Å². The third-order valence-electron chi connectivity index (χ3n) is 4.22. The maximum atomic E-state index is 5.73. The van der Waals surface area contributed by atoms with Gasteiger partial charge in [-0.2, -0.15) is 4.98 Å². The van der Waals surface area contributed by atoms with Crippen molar-refractivity contribution in [3.8, 4) is 16.5 Å². The van der Waals surface area contributed by atoms with Crippen molar-refractivity contribution in [2.24, 2.45) is 0 Å². The number of hydrogen-bond donors (Lipinski definition) is 2. The second-order valence-electron chi connectivity index (χ2n) is 6.56. The third-order valence-corrected chi connectivity index (χ3v) is 5.02.